The number of nitrogens with two attached hydrogens (primary N) is 1. The van der Waals surface area contributed by atoms with Crippen molar-refractivity contribution in [1.82, 2.24) is 9.78 Å². The van der Waals surface area contributed by atoms with E-state index in [-0.39, 0.29) is 0 Å². The number of aryl methyl sites for hydroxylation is 1. The highest BCUT2D eigenvalue weighted by Crippen LogP contribution is 2.23. The Kier molecular flexibility index (Phi) is 2.77. The third kappa shape index (κ3) is 2.04. The van der Waals surface area contributed by atoms with Crippen LogP contribution in [0.1, 0.15) is 6.92 Å². The van der Waals surface area contributed by atoms with Gasteiger partial charge in [0.2, 0.25) is 0 Å². The molecule has 0 saturated heterocycles. The van der Waals surface area contributed by atoms with Gasteiger partial charge in [-0.05, 0) is 19.1 Å². The van der Waals surface area contributed by atoms with E-state index in [0.29, 0.717) is 5.82 Å². The molecule has 0 amide bonds. The highest BCUT2D eigenvalue weighted by Gasteiger charge is 2.05. The van der Waals surface area contributed by atoms with Gasteiger partial charge < -0.3 is 5.73 Å². The third-order valence-corrected chi connectivity index (χ3v) is 2.72. The van der Waals surface area contributed by atoms with E-state index in [0.717, 1.165) is 22.3 Å². The predicted octanol–water partition coefficient (Wildman–Crippen LogP) is 2.91. The maximum atomic E-state index is 5.82. The van der Waals surface area contributed by atoms with Gasteiger partial charge in [-0.15, -0.1) is 0 Å². The van der Waals surface area contributed by atoms with Crippen molar-refractivity contribution in [2.24, 2.45) is 0 Å². The number of hydrogen-bond donors (Lipinski definition) is 1. The summed E-state index contributed by atoms with van der Waals surface area (Å²) in [7, 11) is 0. The van der Waals surface area contributed by atoms with Crippen LogP contribution in [-0.2, 0) is 6.54 Å². The summed E-state index contributed by atoms with van der Waals surface area (Å²) >= 11 is 3.44. The average Bonchev–Trinajstić information content (AvgIpc) is 2.60. The summed E-state index contributed by atoms with van der Waals surface area (Å²) in [5.74, 6) is 0.701. The van der Waals surface area contributed by atoms with Gasteiger partial charge in [0.1, 0.15) is 5.82 Å². The van der Waals surface area contributed by atoms with Gasteiger partial charge in [0.25, 0.3) is 0 Å². The number of nitrogens with zero attached hydrogens (tertiary/aromatic N) is 2. The average molecular weight is 266 g/mol. The fraction of sp³-hybridized carbons (Fsp3) is 0.182. The Morgan fingerprint density at radius 1 is 1.40 bits per heavy atom. The second kappa shape index (κ2) is 4.06. The van der Waals surface area contributed by atoms with E-state index >= 15 is 0 Å². The highest BCUT2D eigenvalue weighted by molar-refractivity contribution is 9.10. The van der Waals surface area contributed by atoms with Crippen molar-refractivity contribution in [2.75, 3.05) is 5.73 Å². The normalized spacial score (nSPS) is 10.5. The molecule has 1 heterocycles. The highest BCUT2D eigenvalue weighted by atomic mass is 79.9. The van der Waals surface area contributed by atoms with Crippen molar-refractivity contribution in [3.05, 3.63) is 34.8 Å². The molecule has 3 nitrogen and oxygen atoms in total. The van der Waals surface area contributed by atoms with Gasteiger partial charge in [0, 0.05) is 22.6 Å². The number of halogens is 1. The minimum atomic E-state index is 0.701. The van der Waals surface area contributed by atoms with E-state index < -0.39 is 0 Å². The van der Waals surface area contributed by atoms with Crippen molar-refractivity contribution in [1.29, 1.82) is 0 Å². The van der Waals surface area contributed by atoms with Crippen LogP contribution in [0.4, 0.5) is 5.82 Å². The standard InChI is InChI=1S/C11H12BrN3/c1-2-15-11(13)7-10(14-15)8-4-3-5-9(12)6-8/h3-7H,2,13H2,1H3. The molecule has 0 fully saturated rings. The summed E-state index contributed by atoms with van der Waals surface area (Å²) in [4.78, 5) is 0. The summed E-state index contributed by atoms with van der Waals surface area (Å²) in [5.41, 5.74) is 7.80. The lowest BCUT2D eigenvalue weighted by atomic mass is 10.2. The Bertz CT molecular complexity index is 476. The van der Waals surface area contributed by atoms with E-state index in [9.17, 15) is 0 Å². The van der Waals surface area contributed by atoms with Crippen molar-refractivity contribution in [3.8, 4) is 11.3 Å². The molecule has 2 rings (SSSR count). The van der Waals surface area contributed by atoms with Crippen LogP contribution in [0, 0.1) is 0 Å². The molecule has 0 unspecified atom stereocenters. The topological polar surface area (TPSA) is 43.8 Å². The molecule has 0 spiro atoms. The number of hydrogen-bond acceptors (Lipinski definition) is 2. The molecule has 4 heteroatoms. The fourth-order valence-corrected chi connectivity index (χ4v) is 1.87. The first-order valence-electron chi connectivity index (χ1n) is 4.80. The van der Waals surface area contributed by atoms with E-state index in [1.807, 2.05) is 37.3 Å². The Balaban J connectivity index is 2.45. The number of rotatable bonds is 2. The summed E-state index contributed by atoms with van der Waals surface area (Å²) in [6.45, 7) is 2.81. The molecule has 15 heavy (non-hydrogen) atoms. The van der Waals surface area contributed by atoms with Crippen LogP contribution < -0.4 is 5.73 Å². The monoisotopic (exact) mass is 265 g/mol. The molecule has 0 aliphatic carbocycles. The lowest BCUT2D eigenvalue weighted by Gasteiger charge is -1.97. The molecule has 78 valence electrons. The largest absolute Gasteiger partial charge is 0.384 e. The van der Waals surface area contributed by atoms with Crippen molar-refractivity contribution >= 4 is 21.7 Å². The molecule has 2 aromatic rings. The molecular formula is C11H12BrN3. The van der Waals surface area contributed by atoms with E-state index in [1.165, 1.54) is 0 Å². The van der Waals surface area contributed by atoms with E-state index in [1.54, 1.807) is 4.68 Å². The van der Waals surface area contributed by atoms with Gasteiger partial charge in [-0.25, -0.2) is 4.68 Å². The van der Waals surface area contributed by atoms with E-state index in [4.69, 9.17) is 5.73 Å². The van der Waals surface area contributed by atoms with Gasteiger partial charge in [-0.3, -0.25) is 0 Å². The molecule has 1 aromatic carbocycles. The first kappa shape index (κ1) is 10.2. The van der Waals surface area contributed by atoms with Crippen LogP contribution in [-0.4, -0.2) is 9.78 Å². The van der Waals surface area contributed by atoms with Crippen LogP contribution in [0.15, 0.2) is 34.8 Å². The lowest BCUT2D eigenvalue weighted by Crippen LogP contribution is -2.01. The van der Waals surface area contributed by atoms with Crippen molar-refractivity contribution < 1.29 is 0 Å². The molecule has 1 aromatic heterocycles. The maximum absolute atomic E-state index is 5.82. The Labute approximate surface area is 97.0 Å². The minimum absolute atomic E-state index is 0.701. The van der Waals surface area contributed by atoms with Crippen LogP contribution in [0.5, 0.6) is 0 Å². The Morgan fingerprint density at radius 2 is 2.20 bits per heavy atom. The zero-order chi connectivity index (χ0) is 10.8. The summed E-state index contributed by atoms with van der Waals surface area (Å²) in [5, 5.41) is 4.41. The van der Waals surface area contributed by atoms with Crippen LogP contribution in [0.25, 0.3) is 11.3 Å². The molecule has 0 aliphatic heterocycles. The summed E-state index contributed by atoms with van der Waals surface area (Å²) in [6, 6.07) is 9.92. The smallest absolute Gasteiger partial charge is 0.122 e. The van der Waals surface area contributed by atoms with Crippen LogP contribution >= 0.6 is 15.9 Å². The zero-order valence-corrected chi connectivity index (χ0v) is 10.0. The number of benzene rings is 1. The molecule has 0 saturated carbocycles. The van der Waals surface area contributed by atoms with Crippen LogP contribution in [0.3, 0.4) is 0 Å². The van der Waals surface area contributed by atoms with E-state index in [2.05, 4.69) is 21.0 Å². The second-order valence-corrected chi connectivity index (χ2v) is 4.20. The van der Waals surface area contributed by atoms with Gasteiger partial charge in [-0.1, -0.05) is 28.1 Å². The lowest BCUT2D eigenvalue weighted by molar-refractivity contribution is 0.672. The molecule has 0 radical (unpaired) electrons. The Morgan fingerprint density at radius 3 is 2.80 bits per heavy atom. The first-order valence-corrected chi connectivity index (χ1v) is 5.59. The van der Waals surface area contributed by atoms with Gasteiger partial charge in [0.05, 0.1) is 5.69 Å². The van der Waals surface area contributed by atoms with Gasteiger partial charge in [0.15, 0.2) is 0 Å². The molecule has 0 atom stereocenters. The quantitative estimate of drug-likeness (QED) is 0.908. The molecule has 2 N–H and O–H groups in total. The minimum Gasteiger partial charge on any atom is -0.384 e. The number of aromatic nitrogens is 2. The third-order valence-electron chi connectivity index (χ3n) is 2.23. The zero-order valence-electron chi connectivity index (χ0n) is 8.44. The molecular weight excluding hydrogens is 254 g/mol. The predicted molar refractivity (Wildman–Crippen MR) is 65.4 cm³/mol. The van der Waals surface area contributed by atoms with Crippen LogP contribution in [0.2, 0.25) is 0 Å². The van der Waals surface area contributed by atoms with Gasteiger partial charge in [-0.2, -0.15) is 5.10 Å². The number of anilines is 1. The Hall–Kier alpha value is -1.29. The maximum Gasteiger partial charge on any atom is 0.122 e. The first-order chi connectivity index (χ1) is 7.20. The number of nitrogen functional groups attached to an aromatic ring is 1. The summed E-state index contributed by atoms with van der Waals surface area (Å²) < 4.78 is 2.83. The van der Waals surface area contributed by atoms with Crippen molar-refractivity contribution in [2.45, 2.75) is 13.5 Å². The second-order valence-electron chi connectivity index (χ2n) is 3.28. The molecule has 0 aliphatic rings. The molecule has 0 bridgehead atoms. The van der Waals surface area contributed by atoms with Crippen molar-refractivity contribution in [3.63, 3.8) is 0 Å². The van der Waals surface area contributed by atoms with Gasteiger partial charge >= 0.3 is 0 Å². The summed E-state index contributed by atoms with van der Waals surface area (Å²) in [6.07, 6.45) is 0. The SMILES string of the molecule is CCn1nc(-c2cccc(Br)c2)cc1N. The fourth-order valence-electron chi connectivity index (χ4n) is 1.47.